The van der Waals surface area contributed by atoms with Gasteiger partial charge in [-0.2, -0.15) is 5.10 Å². The van der Waals surface area contributed by atoms with Crippen LogP contribution in [0.1, 0.15) is 33.1 Å². The van der Waals surface area contributed by atoms with E-state index in [9.17, 15) is 0 Å². The Morgan fingerprint density at radius 2 is 1.89 bits per heavy atom. The van der Waals surface area contributed by atoms with Crippen molar-refractivity contribution < 1.29 is 0 Å². The van der Waals surface area contributed by atoms with Crippen molar-refractivity contribution in [1.82, 2.24) is 19.7 Å². The fraction of sp³-hybridized carbons (Fsp3) is 0.643. The molecular formula is C14H21N5. The first-order chi connectivity index (χ1) is 9.13. The Labute approximate surface area is 113 Å². The Bertz CT molecular complexity index is 566. The first kappa shape index (κ1) is 12.4. The molecule has 2 aromatic rings. The van der Waals surface area contributed by atoms with E-state index < -0.39 is 0 Å². The molecule has 2 unspecified atom stereocenters. The van der Waals surface area contributed by atoms with Gasteiger partial charge >= 0.3 is 0 Å². The van der Waals surface area contributed by atoms with Crippen LogP contribution in [0.15, 0.2) is 12.5 Å². The van der Waals surface area contributed by atoms with E-state index in [1.165, 1.54) is 19.3 Å². The molecular weight excluding hydrogens is 238 g/mol. The molecule has 1 aliphatic rings. The smallest absolute Gasteiger partial charge is 0.163 e. The molecule has 102 valence electrons. The number of fused-ring (bicyclic) bond motifs is 1. The molecule has 1 fully saturated rings. The summed E-state index contributed by atoms with van der Waals surface area (Å²) in [5.41, 5.74) is 0.884. The number of nitrogens with one attached hydrogen (secondary N) is 1. The highest BCUT2D eigenvalue weighted by Gasteiger charge is 2.24. The topological polar surface area (TPSA) is 55.6 Å². The number of anilines is 1. The van der Waals surface area contributed by atoms with Crippen LogP contribution >= 0.6 is 0 Å². The van der Waals surface area contributed by atoms with Crippen LogP contribution in [-0.2, 0) is 7.05 Å². The molecule has 1 saturated carbocycles. The minimum absolute atomic E-state index is 0.511. The fourth-order valence-corrected chi connectivity index (χ4v) is 3.34. The van der Waals surface area contributed by atoms with Crippen LogP contribution in [-0.4, -0.2) is 25.8 Å². The predicted molar refractivity (Wildman–Crippen MR) is 75.9 cm³/mol. The molecule has 0 bridgehead atoms. The van der Waals surface area contributed by atoms with Gasteiger partial charge in [0, 0.05) is 13.1 Å². The van der Waals surface area contributed by atoms with Gasteiger partial charge in [-0.05, 0) is 31.1 Å². The van der Waals surface area contributed by atoms with Gasteiger partial charge in [0.15, 0.2) is 5.65 Å². The third kappa shape index (κ3) is 2.41. The van der Waals surface area contributed by atoms with Crippen molar-refractivity contribution in [2.75, 3.05) is 5.32 Å². The summed E-state index contributed by atoms with van der Waals surface area (Å²) in [7, 11) is 1.91. The maximum absolute atomic E-state index is 4.39. The van der Waals surface area contributed by atoms with Crippen molar-refractivity contribution in [3.05, 3.63) is 12.5 Å². The highest BCUT2D eigenvalue weighted by atomic mass is 15.3. The van der Waals surface area contributed by atoms with Crippen LogP contribution in [0.25, 0.3) is 11.0 Å². The quantitative estimate of drug-likeness (QED) is 0.900. The van der Waals surface area contributed by atoms with Crippen LogP contribution < -0.4 is 5.32 Å². The Balaban J connectivity index is 1.85. The summed E-state index contributed by atoms with van der Waals surface area (Å²) in [5, 5.41) is 8.86. The molecule has 0 spiro atoms. The summed E-state index contributed by atoms with van der Waals surface area (Å²) in [6.45, 7) is 4.67. The van der Waals surface area contributed by atoms with Crippen molar-refractivity contribution >= 4 is 16.9 Å². The lowest BCUT2D eigenvalue weighted by Crippen LogP contribution is -2.30. The summed E-state index contributed by atoms with van der Waals surface area (Å²) >= 11 is 0. The molecule has 2 heterocycles. The van der Waals surface area contributed by atoms with Crippen molar-refractivity contribution in [2.45, 2.75) is 39.2 Å². The van der Waals surface area contributed by atoms with Gasteiger partial charge in [-0.15, -0.1) is 0 Å². The van der Waals surface area contributed by atoms with E-state index in [-0.39, 0.29) is 0 Å². The minimum atomic E-state index is 0.511. The van der Waals surface area contributed by atoms with Crippen LogP contribution in [0.5, 0.6) is 0 Å². The number of rotatable bonds is 2. The van der Waals surface area contributed by atoms with Gasteiger partial charge in [-0.3, -0.25) is 4.68 Å². The normalized spacial score (nSPS) is 27.6. The average molecular weight is 259 g/mol. The zero-order valence-electron chi connectivity index (χ0n) is 11.8. The molecule has 2 aromatic heterocycles. The molecule has 0 aromatic carbocycles. The molecule has 19 heavy (non-hydrogen) atoms. The Morgan fingerprint density at radius 1 is 1.16 bits per heavy atom. The maximum Gasteiger partial charge on any atom is 0.163 e. The predicted octanol–water partition coefficient (Wildman–Crippen LogP) is 2.60. The van der Waals surface area contributed by atoms with E-state index in [2.05, 4.69) is 34.2 Å². The molecule has 2 atom stereocenters. The van der Waals surface area contributed by atoms with Gasteiger partial charge < -0.3 is 5.32 Å². The molecule has 0 radical (unpaired) electrons. The maximum atomic E-state index is 4.39. The second-order valence-electron chi connectivity index (χ2n) is 5.99. The van der Waals surface area contributed by atoms with Crippen LogP contribution in [0, 0.1) is 11.8 Å². The van der Waals surface area contributed by atoms with Crippen LogP contribution in [0.4, 0.5) is 5.82 Å². The molecule has 5 nitrogen and oxygen atoms in total. The van der Waals surface area contributed by atoms with Crippen molar-refractivity contribution in [1.29, 1.82) is 0 Å². The lowest BCUT2D eigenvalue weighted by atomic mass is 9.80. The second kappa shape index (κ2) is 4.79. The summed E-state index contributed by atoms with van der Waals surface area (Å²) in [6.07, 6.45) is 7.23. The Morgan fingerprint density at radius 3 is 2.63 bits per heavy atom. The number of aryl methyl sites for hydroxylation is 1. The van der Waals surface area contributed by atoms with E-state index in [4.69, 9.17) is 0 Å². The largest absolute Gasteiger partial charge is 0.367 e. The zero-order valence-corrected chi connectivity index (χ0v) is 11.8. The molecule has 1 aliphatic carbocycles. The van der Waals surface area contributed by atoms with E-state index in [1.54, 1.807) is 11.0 Å². The first-order valence-electron chi connectivity index (χ1n) is 7.02. The highest BCUT2D eigenvalue weighted by Crippen LogP contribution is 2.31. The van der Waals surface area contributed by atoms with E-state index in [1.807, 2.05) is 13.2 Å². The fourth-order valence-electron chi connectivity index (χ4n) is 3.34. The van der Waals surface area contributed by atoms with E-state index in [0.717, 1.165) is 28.7 Å². The number of aromatic nitrogens is 4. The third-order valence-electron chi connectivity index (χ3n) is 4.05. The van der Waals surface area contributed by atoms with Gasteiger partial charge in [0.1, 0.15) is 12.1 Å². The lowest BCUT2D eigenvalue weighted by molar-refractivity contribution is 0.280. The first-order valence-corrected chi connectivity index (χ1v) is 7.02. The van der Waals surface area contributed by atoms with Crippen LogP contribution in [0.2, 0.25) is 0 Å². The molecule has 1 N–H and O–H groups in total. The minimum Gasteiger partial charge on any atom is -0.367 e. The Kier molecular flexibility index (Phi) is 3.12. The SMILES string of the molecule is CC1CC(C)CC(Nc2ncnc3c2cnn3C)C1. The third-order valence-corrected chi connectivity index (χ3v) is 4.05. The van der Waals surface area contributed by atoms with E-state index >= 15 is 0 Å². The monoisotopic (exact) mass is 259 g/mol. The van der Waals surface area contributed by atoms with Crippen molar-refractivity contribution in [3.8, 4) is 0 Å². The van der Waals surface area contributed by atoms with Crippen molar-refractivity contribution in [2.24, 2.45) is 18.9 Å². The lowest BCUT2D eigenvalue weighted by Gasteiger charge is -2.32. The number of hydrogen-bond acceptors (Lipinski definition) is 4. The summed E-state index contributed by atoms with van der Waals surface area (Å²) in [6, 6.07) is 0.511. The second-order valence-corrected chi connectivity index (χ2v) is 5.99. The Hall–Kier alpha value is -1.65. The highest BCUT2D eigenvalue weighted by molar-refractivity contribution is 5.86. The molecule has 0 amide bonds. The standard InChI is InChI=1S/C14H21N5/c1-9-4-10(2)6-11(5-9)18-13-12-7-17-19(3)14(12)16-8-15-13/h7-11H,4-6H2,1-3H3,(H,15,16,18). The van der Waals surface area contributed by atoms with E-state index in [0.29, 0.717) is 6.04 Å². The van der Waals surface area contributed by atoms with Crippen LogP contribution in [0.3, 0.4) is 0 Å². The molecule has 3 rings (SSSR count). The molecule has 0 aliphatic heterocycles. The summed E-state index contributed by atoms with van der Waals surface area (Å²) in [5.74, 6) is 2.49. The van der Waals surface area contributed by atoms with Gasteiger partial charge in [0.2, 0.25) is 0 Å². The average Bonchev–Trinajstić information content (AvgIpc) is 2.71. The van der Waals surface area contributed by atoms with Gasteiger partial charge in [0.25, 0.3) is 0 Å². The zero-order chi connectivity index (χ0) is 13.4. The molecule has 5 heteroatoms. The summed E-state index contributed by atoms with van der Waals surface area (Å²) in [4.78, 5) is 8.66. The number of hydrogen-bond donors (Lipinski definition) is 1. The number of nitrogens with zero attached hydrogens (tertiary/aromatic N) is 4. The van der Waals surface area contributed by atoms with Gasteiger partial charge in [0.05, 0.1) is 11.6 Å². The van der Waals surface area contributed by atoms with Gasteiger partial charge in [-0.25, -0.2) is 9.97 Å². The van der Waals surface area contributed by atoms with Crippen molar-refractivity contribution in [3.63, 3.8) is 0 Å². The summed E-state index contributed by atoms with van der Waals surface area (Å²) < 4.78 is 1.79. The molecule has 0 saturated heterocycles. The van der Waals surface area contributed by atoms with Gasteiger partial charge in [-0.1, -0.05) is 13.8 Å².